The summed E-state index contributed by atoms with van der Waals surface area (Å²) in [5.74, 6) is 0.534. The molecule has 1 aromatic heterocycles. The van der Waals surface area contributed by atoms with Crippen LogP contribution in [0.3, 0.4) is 0 Å². The van der Waals surface area contributed by atoms with Crippen molar-refractivity contribution in [2.45, 2.75) is 25.4 Å². The highest BCUT2D eigenvalue weighted by Gasteiger charge is 2.50. The number of aromatic nitrogens is 2. The predicted octanol–water partition coefficient (Wildman–Crippen LogP) is 2.18. The Labute approximate surface area is 176 Å². The molecule has 2 fully saturated rings. The number of piperidine rings is 1. The van der Waals surface area contributed by atoms with Gasteiger partial charge in [0.15, 0.2) is 0 Å². The van der Waals surface area contributed by atoms with E-state index in [1.165, 1.54) is 0 Å². The fourth-order valence-corrected chi connectivity index (χ4v) is 4.42. The van der Waals surface area contributed by atoms with E-state index in [2.05, 4.69) is 10.2 Å². The van der Waals surface area contributed by atoms with Crippen molar-refractivity contribution in [1.82, 2.24) is 20.0 Å². The first-order valence-corrected chi connectivity index (χ1v) is 10.3. The van der Waals surface area contributed by atoms with Gasteiger partial charge in [-0.25, -0.2) is 0 Å². The predicted molar refractivity (Wildman–Crippen MR) is 111 cm³/mol. The number of ether oxygens (including phenoxy) is 2. The van der Waals surface area contributed by atoms with Crippen molar-refractivity contribution < 1.29 is 19.1 Å². The van der Waals surface area contributed by atoms with E-state index in [-0.39, 0.29) is 18.0 Å². The number of nitrogens with one attached hydrogen (secondary N) is 1. The van der Waals surface area contributed by atoms with Gasteiger partial charge in [-0.15, -0.1) is 0 Å². The number of likely N-dealkylation sites (N-methyl/N-ethyl adjacent to an activating group) is 1. The Morgan fingerprint density at radius 2 is 2.10 bits per heavy atom. The summed E-state index contributed by atoms with van der Waals surface area (Å²) in [6, 6.07) is 9.32. The number of rotatable bonds is 5. The van der Waals surface area contributed by atoms with Crippen LogP contribution < -0.4 is 4.74 Å². The number of carbonyl (C=O) groups excluding carboxylic acids is 2. The number of cyclic esters (lactones) is 1. The highest BCUT2D eigenvalue weighted by atomic mass is 16.6. The molecule has 0 bridgehead atoms. The normalized spacial score (nSPS) is 20.6. The van der Waals surface area contributed by atoms with Crippen molar-refractivity contribution in [2.24, 2.45) is 5.41 Å². The molecule has 1 unspecified atom stereocenters. The minimum Gasteiger partial charge on any atom is -0.497 e. The monoisotopic (exact) mass is 412 g/mol. The number of nitrogens with zero attached hydrogens (tertiary/aromatic N) is 3. The third-order valence-corrected chi connectivity index (χ3v) is 6.08. The molecular formula is C22H28N4O4. The molecule has 2 aliphatic heterocycles. The van der Waals surface area contributed by atoms with Crippen LogP contribution in [0.1, 0.15) is 29.8 Å². The lowest BCUT2D eigenvalue weighted by Crippen LogP contribution is -2.45. The second-order valence-electron chi connectivity index (χ2n) is 8.47. The Morgan fingerprint density at radius 3 is 2.80 bits per heavy atom. The number of hydrogen-bond donors (Lipinski definition) is 1. The Balaban J connectivity index is 1.40. The van der Waals surface area contributed by atoms with Gasteiger partial charge in [0, 0.05) is 31.6 Å². The number of amides is 1. The van der Waals surface area contributed by atoms with E-state index >= 15 is 0 Å². The van der Waals surface area contributed by atoms with Crippen molar-refractivity contribution in [2.75, 3.05) is 40.8 Å². The highest BCUT2D eigenvalue weighted by Crippen LogP contribution is 2.43. The summed E-state index contributed by atoms with van der Waals surface area (Å²) in [5.41, 5.74) is 1.57. The minimum absolute atomic E-state index is 0.0622. The SMILES string of the molecule is COc1cccc(-c2cc(C(=O)N3CCC4(CC3)CC(CN(C)C)OC4=O)[nH]n2)c1. The first-order valence-electron chi connectivity index (χ1n) is 10.3. The highest BCUT2D eigenvalue weighted by molar-refractivity contribution is 5.93. The lowest BCUT2D eigenvalue weighted by molar-refractivity contribution is -0.150. The Bertz CT molecular complexity index is 931. The van der Waals surface area contributed by atoms with Crippen molar-refractivity contribution >= 4 is 11.9 Å². The summed E-state index contributed by atoms with van der Waals surface area (Å²) in [5, 5.41) is 7.15. The molecule has 2 saturated heterocycles. The average Bonchev–Trinajstić information content (AvgIpc) is 3.33. The summed E-state index contributed by atoms with van der Waals surface area (Å²) < 4.78 is 10.9. The van der Waals surface area contributed by atoms with Crippen LogP contribution in [-0.4, -0.2) is 78.8 Å². The Hall–Kier alpha value is -2.87. The third-order valence-electron chi connectivity index (χ3n) is 6.08. The standard InChI is InChI=1S/C22H28N4O4/c1-25(2)14-17-13-22(21(28)30-17)7-9-26(10-8-22)20(27)19-12-18(23-24-19)15-5-4-6-16(11-15)29-3/h4-6,11-12,17H,7-10,13-14H2,1-3H3,(H,23,24). The zero-order chi connectivity index (χ0) is 21.3. The van der Waals surface area contributed by atoms with E-state index < -0.39 is 5.41 Å². The van der Waals surface area contributed by atoms with Crippen LogP contribution in [0.15, 0.2) is 30.3 Å². The van der Waals surface area contributed by atoms with Crippen LogP contribution >= 0.6 is 0 Å². The van der Waals surface area contributed by atoms with E-state index in [1.54, 1.807) is 18.1 Å². The Kier molecular flexibility index (Phi) is 5.51. The zero-order valence-corrected chi connectivity index (χ0v) is 17.7. The third kappa shape index (κ3) is 3.92. The van der Waals surface area contributed by atoms with E-state index in [0.717, 1.165) is 24.3 Å². The van der Waals surface area contributed by atoms with Gasteiger partial charge in [-0.1, -0.05) is 12.1 Å². The smallest absolute Gasteiger partial charge is 0.312 e. The van der Waals surface area contributed by atoms with Crippen LogP contribution in [0.25, 0.3) is 11.3 Å². The van der Waals surface area contributed by atoms with Gasteiger partial charge in [0.05, 0.1) is 18.2 Å². The van der Waals surface area contributed by atoms with Crippen LogP contribution in [-0.2, 0) is 9.53 Å². The number of carbonyl (C=O) groups is 2. The number of H-pyrrole nitrogens is 1. The fraction of sp³-hybridized carbons (Fsp3) is 0.500. The van der Waals surface area contributed by atoms with Gasteiger partial charge in [-0.2, -0.15) is 5.10 Å². The largest absolute Gasteiger partial charge is 0.497 e. The molecule has 8 nitrogen and oxygen atoms in total. The number of aromatic amines is 1. The molecule has 8 heteroatoms. The van der Waals surface area contributed by atoms with Gasteiger partial charge >= 0.3 is 5.97 Å². The minimum atomic E-state index is -0.447. The zero-order valence-electron chi connectivity index (χ0n) is 17.7. The van der Waals surface area contributed by atoms with E-state index in [4.69, 9.17) is 9.47 Å². The van der Waals surface area contributed by atoms with Gasteiger partial charge in [-0.3, -0.25) is 14.7 Å². The number of hydrogen-bond acceptors (Lipinski definition) is 6. The average molecular weight is 412 g/mol. The summed E-state index contributed by atoms with van der Waals surface area (Å²) in [6.45, 7) is 1.81. The summed E-state index contributed by atoms with van der Waals surface area (Å²) in [6.07, 6.45) is 1.94. The van der Waals surface area contributed by atoms with Crippen LogP contribution in [0.4, 0.5) is 0 Å². The summed E-state index contributed by atoms with van der Waals surface area (Å²) >= 11 is 0. The molecule has 2 aromatic rings. The quantitative estimate of drug-likeness (QED) is 0.758. The molecule has 1 amide bonds. The molecule has 1 N–H and O–H groups in total. The van der Waals surface area contributed by atoms with Crippen molar-refractivity contribution in [3.63, 3.8) is 0 Å². The van der Waals surface area contributed by atoms with E-state index in [0.29, 0.717) is 37.3 Å². The summed E-state index contributed by atoms with van der Waals surface area (Å²) in [4.78, 5) is 29.3. The number of methoxy groups -OCH3 is 1. The number of likely N-dealkylation sites (tertiary alicyclic amines) is 1. The van der Waals surface area contributed by atoms with Crippen molar-refractivity contribution in [3.05, 3.63) is 36.0 Å². The van der Waals surface area contributed by atoms with Crippen LogP contribution in [0.5, 0.6) is 5.75 Å². The van der Waals surface area contributed by atoms with Gasteiger partial charge in [0.1, 0.15) is 17.5 Å². The molecule has 1 aromatic carbocycles. The number of benzene rings is 1. The molecular weight excluding hydrogens is 384 g/mol. The van der Waals surface area contributed by atoms with Crippen molar-refractivity contribution in [3.8, 4) is 17.0 Å². The molecule has 0 radical (unpaired) electrons. The molecule has 4 rings (SSSR count). The molecule has 1 atom stereocenters. The second-order valence-corrected chi connectivity index (χ2v) is 8.47. The number of esters is 1. The maximum Gasteiger partial charge on any atom is 0.312 e. The molecule has 2 aliphatic rings. The lowest BCUT2D eigenvalue weighted by Gasteiger charge is -2.36. The lowest BCUT2D eigenvalue weighted by atomic mass is 9.76. The maximum absolute atomic E-state index is 13.0. The molecule has 0 saturated carbocycles. The Morgan fingerprint density at radius 1 is 1.33 bits per heavy atom. The van der Waals surface area contributed by atoms with Gasteiger partial charge < -0.3 is 19.3 Å². The fourth-order valence-electron chi connectivity index (χ4n) is 4.42. The molecule has 1 spiro atoms. The topological polar surface area (TPSA) is 87.8 Å². The first-order chi connectivity index (χ1) is 14.4. The second kappa shape index (κ2) is 8.10. The summed E-state index contributed by atoms with van der Waals surface area (Å²) in [7, 11) is 5.57. The van der Waals surface area contributed by atoms with Gasteiger partial charge in [-0.05, 0) is 45.1 Å². The maximum atomic E-state index is 13.0. The molecule has 160 valence electrons. The molecule has 30 heavy (non-hydrogen) atoms. The van der Waals surface area contributed by atoms with Gasteiger partial charge in [0.2, 0.25) is 0 Å². The van der Waals surface area contributed by atoms with E-state index in [1.807, 2.05) is 43.3 Å². The first kappa shape index (κ1) is 20.4. The van der Waals surface area contributed by atoms with Crippen LogP contribution in [0, 0.1) is 5.41 Å². The molecule has 3 heterocycles. The van der Waals surface area contributed by atoms with Crippen LogP contribution in [0.2, 0.25) is 0 Å². The van der Waals surface area contributed by atoms with E-state index in [9.17, 15) is 9.59 Å². The van der Waals surface area contributed by atoms with Gasteiger partial charge in [0.25, 0.3) is 5.91 Å². The van der Waals surface area contributed by atoms with Crippen molar-refractivity contribution in [1.29, 1.82) is 0 Å². The molecule has 0 aliphatic carbocycles.